The SMILES string of the molecule is CCN1CCN(C2CCc3c(sc4ncn(Cc5cccc(C(F)(F)F)c5)c(=O)c34)C2)CC1. The highest BCUT2D eigenvalue weighted by atomic mass is 32.1. The van der Waals surface area contributed by atoms with Gasteiger partial charge in [0, 0.05) is 37.1 Å². The Kier molecular flexibility index (Phi) is 6.05. The van der Waals surface area contributed by atoms with Crippen molar-refractivity contribution in [3.63, 3.8) is 0 Å². The van der Waals surface area contributed by atoms with Crippen molar-refractivity contribution in [2.75, 3.05) is 32.7 Å². The average molecular weight is 477 g/mol. The van der Waals surface area contributed by atoms with Gasteiger partial charge in [-0.2, -0.15) is 13.2 Å². The molecule has 1 aliphatic heterocycles. The van der Waals surface area contributed by atoms with Gasteiger partial charge < -0.3 is 4.90 Å². The molecular formula is C24H27F3N4OS. The van der Waals surface area contributed by atoms with Gasteiger partial charge in [-0.15, -0.1) is 11.3 Å². The van der Waals surface area contributed by atoms with Gasteiger partial charge in [0.15, 0.2) is 0 Å². The standard InChI is InChI=1S/C24H27F3N4OS/c1-2-29-8-10-30(11-9-29)18-6-7-19-20(13-18)33-22-21(19)23(32)31(15-28-22)14-16-4-3-5-17(12-16)24(25,26)27/h3-5,12,15,18H,2,6-11,13-14H2,1H3. The molecule has 0 saturated carbocycles. The van der Waals surface area contributed by atoms with E-state index < -0.39 is 11.7 Å². The van der Waals surface area contributed by atoms with Gasteiger partial charge in [0.25, 0.3) is 5.56 Å². The van der Waals surface area contributed by atoms with E-state index in [9.17, 15) is 18.0 Å². The first kappa shape index (κ1) is 22.6. The third kappa shape index (κ3) is 4.46. The lowest BCUT2D eigenvalue weighted by molar-refractivity contribution is -0.137. The lowest BCUT2D eigenvalue weighted by atomic mass is 9.91. The van der Waals surface area contributed by atoms with Crippen LogP contribution in [0.15, 0.2) is 35.4 Å². The second kappa shape index (κ2) is 8.85. The van der Waals surface area contributed by atoms with Crippen LogP contribution in [0.2, 0.25) is 0 Å². The maximum atomic E-state index is 13.3. The zero-order valence-corrected chi connectivity index (χ0v) is 19.4. The lowest BCUT2D eigenvalue weighted by Crippen LogP contribution is -2.51. The summed E-state index contributed by atoms with van der Waals surface area (Å²) in [5, 5.41) is 0.652. The minimum atomic E-state index is -4.41. The van der Waals surface area contributed by atoms with E-state index in [0.29, 0.717) is 17.0 Å². The van der Waals surface area contributed by atoms with Crippen molar-refractivity contribution in [2.45, 2.75) is 44.9 Å². The topological polar surface area (TPSA) is 41.4 Å². The normalized spacial score (nSPS) is 20.3. The average Bonchev–Trinajstić information content (AvgIpc) is 3.19. The number of hydrogen-bond acceptors (Lipinski definition) is 5. The number of alkyl halides is 3. The molecule has 1 aromatic carbocycles. The highest BCUT2D eigenvalue weighted by molar-refractivity contribution is 7.18. The van der Waals surface area contributed by atoms with Crippen molar-refractivity contribution in [2.24, 2.45) is 0 Å². The fraction of sp³-hybridized carbons (Fsp3) is 0.500. The summed E-state index contributed by atoms with van der Waals surface area (Å²) in [5.74, 6) is 0. The maximum absolute atomic E-state index is 13.3. The van der Waals surface area contributed by atoms with Gasteiger partial charge in [-0.25, -0.2) is 4.98 Å². The van der Waals surface area contributed by atoms with E-state index in [1.165, 1.54) is 21.8 Å². The molecule has 0 bridgehead atoms. The number of hydrogen-bond donors (Lipinski definition) is 0. The fourth-order valence-electron chi connectivity index (χ4n) is 5.10. The van der Waals surface area contributed by atoms with Crippen molar-refractivity contribution in [1.29, 1.82) is 0 Å². The summed E-state index contributed by atoms with van der Waals surface area (Å²) in [5.41, 5.74) is 0.656. The van der Waals surface area contributed by atoms with Gasteiger partial charge in [0.2, 0.25) is 0 Å². The molecule has 5 rings (SSSR count). The van der Waals surface area contributed by atoms with E-state index >= 15 is 0 Å². The van der Waals surface area contributed by atoms with Crippen LogP contribution in [0, 0.1) is 0 Å². The van der Waals surface area contributed by atoms with Crippen LogP contribution in [0.4, 0.5) is 13.2 Å². The van der Waals surface area contributed by atoms with Crippen LogP contribution in [0.25, 0.3) is 10.2 Å². The van der Waals surface area contributed by atoms with Gasteiger partial charge in [-0.3, -0.25) is 14.3 Å². The summed E-state index contributed by atoms with van der Waals surface area (Å²) in [6.07, 6.45) is -0.134. The number of aromatic nitrogens is 2. The Balaban J connectivity index is 1.39. The van der Waals surface area contributed by atoms with Gasteiger partial charge >= 0.3 is 6.18 Å². The Morgan fingerprint density at radius 3 is 2.70 bits per heavy atom. The molecule has 176 valence electrons. The molecular weight excluding hydrogens is 449 g/mol. The molecule has 1 fully saturated rings. The van der Waals surface area contributed by atoms with Crippen LogP contribution in [0.1, 0.15) is 34.9 Å². The Labute approximate surface area is 194 Å². The third-order valence-corrected chi connectivity index (χ3v) is 8.15. The molecule has 0 N–H and O–H groups in total. The second-order valence-electron chi connectivity index (χ2n) is 8.93. The first-order valence-electron chi connectivity index (χ1n) is 11.5. The van der Waals surface area contributed by atoms with Crippen LogP contribution in [-0.2, 0) is 25.6 Å². The summed E-state index contributed by atoms with van der Waals surface area (Å²) in [6.45, 7) is 7.74. The number of fused-ring (bicyclic) bond motifs is 3. The first-order chi connectivity index (χ1) is 15.8. The van der Waals surface area contributed by atoms with Crippen molar-refractivity contribution >= 4 is 21.6 Å². The molecule has 0 amide bonds. The summed E-state index contributed by atoms with van der Waals surface area (Å²) < 4.78 is 40.6. The Morgan fingerprint density at radius 1 is 1.18 bits per heavy atom. The summed E-state index contributed by atoms with van der Waals surface area (Å²) in [7, 11) is 0. The number of aryl methyl sites for hydroxylation is 1. The van der Waals surface area contributed by atoms with Gasteiger partial charge in [-0.1, -0.05) is 19.1 Å². The minimum absolute atomic E-state index is 0.0701. The molecule has 3 heterocycles. The molecule has 1 atom stereocenters. The van der Waals surface area contributed by atoms with Crippen LogP contribution in [0.5, 0.6) is 0 Å². The molecule has 1 unspecified atom stereocenters. The van der Waals surface area contributed by atoms with Crippen molar-refractivity contribution in [3.05, 3.63) is 62.5 Å². The maximum Gasteiger partial charge on any atom is 0.416 e. The Hall–Kier alpha value is -2.23. The number of halogens is 3. The minimum Gasteiger partial charge on any atom is -0.301 e. The zero-order valence-electron chi connectivity index (χ0n) is 18.6. The van der Waals surface area contributed by atoms with Crippen LogP contribution in [0.3, 0.4) is 0 Å². The first-order valence-corrected chi connectivity index (χ1v) is 12.3. The highest BCUT2D eigenvalue weighted by Gasteiger charge is 2.31. The van der Waals surface area contributed by atoms with Gasteiger partial charge in [0.1, 0.15) is 4.83 Å². The number of nitrogens with zero attached hydrogens (tertiary/aromatic N) is 4. The quantitative estimate of drug-likeness (QED) is 0.571. The van der Waals surface area contributed by atoms with Crippen LogP contribution < -0.4 is 5.56 Å². The van der Waals surface area contributed by atoms with Crippen molar-refractivity contribution < 1.29 is 13.2 Å². The van der Waals surface area contributed by atoms with Crippen molar-refractivity contribution in [3.8, 4) is 0 Å². The van der Waals surface area contributed by atoms with Crippen LogP contribution in [-0.4, -0.2) is 58.1 Å². The molecule has 0 radical (unpaired) electrons. The fourth-order valence-corrected chi connectivity index (χ4v) is 6.34. The molecule has 9 heteroatoms. The van der Waals surface area contributed by atoms with E-state index in [4.69, 9.17) is 0 Å². The molecule has 5 nitrogen and oxygen atoms in total. The van der Waals surface area contributed by atoms with Gasteiger partial charge in [-0.05, 0) is 49.1 Å². The van der Waals surface area contributed by atoms with E-state index in [1.54, 1.807) is 17.4 Å². The second-order valence-corrected chi connectivity index (χ2v) is 10.0. The smallest absolute Gasteiger partial charge is 0.301 e. The number of likely N-dealkylation sites (N-methyl/N-ethyl adjacent to an activating group) is 1. The number of benzene rings is 1. The molecule has 1 saturated heterocycles. The predicted molar refractivity (Wildman–Crippen MR) is 124 cm³/mol. The highest BCUT2D eigenvalue weighted by Crippen LogP contribution is 2.35. The zero-order chi connectivity index (χ0) is 23.2. The van der Waals surface area contributed by atoms with E-state index in [2.05, 4.69) is 21.7 Å². The molecule has 2 aromatic heterocycles. The largest absolute Gasteiger partial charge is 0.416 e. The van der Waals surface area contributed by atoms with Gasteiger partial charge in [0.05, 0.1) is 23.8 Å². The molecule has 33 heavy (non-hydrogen) atoms. The molecule has 3 aromatic rings. The molecule has 2 aliphatic rings. The van der Waals surface area contributed by atoms with E-state index in [0.717, 1.165) is 74.5 Å². The number of thiophene rings is 1. The lowest BCUT2D eigenvalue weighted by Gasteiger charge is -2.40. The number of rotatable bonds is 4. The molecule has 0 spiro atoms. The van der Waals surface area contributed by atoms with E-state index in [1.807, 2.05) is 0 Å². The summed E-state index contributed by atoms with van der Waals surface area (Å²) in [6, 6.07) is 5.63. The van der Waals surface area contributed by atoms with Crippen molar-refractivity contribution in [1.82, 2.24) is 19.4 Å². The Morgan fingerprint density at radius 2 is 1.97 bits per heavy atom. The predicted octanol–water partition coefficient (Wildman–Crippen LogP) is 4.02. The number of piperazine rings is 1. The Bertz CT molecular complexity index is 1210. The summed E-state index contributed by atoms with van der Waals surface area (Å²) >= 11 is 1.60. The third-order valence-electron chi connectivity index (χ3n) is 6.99. The monoisotopic (exact) mass is 476 g/mol. The van der Waals surface area contributed by atoms with Crippen LogP contribution >= 0.6 is 11.3 Å². The molecule has 1 aliphatic carbocycles. The summed E-state index contributed by atoms with van der Waals surface area (Å²) in [4.78, 5) is 24.8. The van der Waals surface area contributed by atoms with E-state index in [-0.39, 0.29) is 12.1 Å².